The quantitative estimate of drug-likeness (QED) is 0.376. The number of hydrogen-bond donors (Lipinski definition) is 0. The Kier molecular flexibility index (Phi) is 7.03. The van der Waals surface area contributed by atoms with Gasteiger partial charge < -0.3 is 14.2 Å². The average Bonchev–Trinajstić information content (AvgIpc) is 2.84. The highest BCUT2D eigenvalue weighted by Gasteiger charge is 2.42. The van der Waals surface area contributed by atoms with Gasteiger partial charge in [0.25, 0.3) is 0 Å². The predicted molar refractivity (Wildman–Crippen MR) is 137 cm³/mol. The molecule has 2 aromatic rings. The molecule has 0 radical (unpaired) electrons. The maximum absolute atomic E-state index is 13.1. The van der Waals surface area contributed by atoms with E-state index in [9.17, 15) is 9.59 Å². The van der Waals surface area contributed by atoms with Crippen molar-refractivity contribution in [2.45, 2.75) is 58.0 Å². The molecule has 0 bridgehead atoms. The minimum atomic E-state index is -0.449. The molecule has 0 aromatic heterocycles. The zero-order valence-corrected chi connectivity index (χ0v) is 21.8. The fourth-order valence-corrected chi connectivity index (χ4v) is 5.74. The minimum absolute atomic E-state index is 0.0540. The number of benzene rings is 2. The SMILES string of the molecule is CCOc1cc(C2C3=C(CCCC3=O)OC3=C2C(=O)CCC3)cc(Br)c1OCc1ccc(Cl)cc1. The van der Waals surface area contributed by atoms with E-state index in [-0.39, 0.29) is 11.6 Å². The maximum atomic E-state index is 13.1. The smallest absolute Gasteiger partial charge is 0.175 e. The Morgan fingerprint density at radius 2 is 1.57 bits per heavy atom. The van der Waals surface area contributed by atoms with Crippen LogP contribution in [0.2, 0.25) is 5.02 Å². The topological polar surface area (TPSA) is 61.8 Å². The Balaban J connectivity index is 1.56. The van der Waals surface area contributed by atoms with Gasteiger partial charge in [0.2, 0.25) is 0 Å². The van der Waals surface area contributed by atoms with Crippen molar-refractivity contribution in [2.24, 2.45) is 0 Å². The van der Waals surface area contributed by atoms with Crippen LogP contribution in [0.15, 0.2) is 63.5 Å². The molecule has 0 fully saturated rings. The summed E-state index contributed by atoms with van der Waals surface area (Å²) in [4.78, 5) is 26.2. The molecule has 1 aliphatic heterocycles. The Morgan fingerprint density at radius 3 is 2.17 bits per heavy atom. The van der Waals surface area contributed by atoms with E-state index in [0.29, 0.717) is 71.0 Å². The first kappa shape index (κ1) is 24.1. The third-order valence-electron chi connectivity index (χ3n) is 6.60. The number of hydrogen-bond acceptors (Lipinski definition) is 5. The van der Waals surface area contributed by atoms with Crippen molar-refractivity contribution >= 4 is 39.1 Å². The number of allylic oxidation sites excluding steroid dienone is 4. The third kappa shape index (κ3) is 4.78. The van der Waals surface area contributed by atoms with Crippen LogP contribution >= 0.6 is 27.5 Å². The molecule has 1 heterocycles. The highest BCUT2D eigenvalue weighted by molar-refractivity contribution is 9.10. The molecule has 0 spiro atoms. The second-order valence-electron chi connectivity index (χ2n) is 8.94. The lowest BCUT2D eigenvalue weighted by Gasteiger charge is -2.36. The van der Waals surface area contributed by atoms with Crippen LogP contribution < -0.4 is 9.47 Å². The highest BCUT2D eigenvalue weighted by atomic mass is 79.9. The van der Waals surface area contributed by atoms with Crippen molar-refractivity contribution in [1.29, 1.82) is 0 Å². The normalized spacial score (nSPS) is 18.3. The van der Waals surface area contributed by atoms with Crippen LogP contribution in [-0.4, -0.2) is 18.2 Å². The van der Waals surface area contributed by atoms with Crippen molar-refractivity contribution in [3.05, 3.63) is 79.7 Å². The van der Waals surface area contributed by atoms with Crippen molar-refractivity contribution in [1.82, 2.24) is 0 Å². The van der Waals surface area contributed by atoms with Gasteiger partial charge in [0, 0.05) is 47.8 Å². The van der Waals surface area contributed by atoms with Crippen molar-refractivity contribution < 1.29 is 23.8 Å². The number of carbonyl (C=O) groups excluding carboxylic acids is 2. The highest BCUT2D eigenvalue weighted by Crippen LogP contribution is 2.50. The van der Waals surface area contributed by atoms with Crippen molar-refractivity contribution in [3.63, 3.8) is 0 Å². The standard InChI is InChI=1S/C28H26BrClO5/c1-2-33-24-14-17(13-19(29)28(24)34-15-16-9-11-18(30)12-10-16)25-26-20(31)5-3-7-22(26)35-23-8-4-6-21(32)27(23)25/h9-14,25H,2-8,15H2,1H3. The number of ketones is 2. The van der Waals surface area contributed by atoms with Gasteiger partial charge in [-0.25, -0.2) is 0 Å². The first-order chi connectivity index (χ1) is 17.0. The van der Waals surface area contributed by atoms with E-state index in [1.165, 1.54) is 0 Å². The summed E-state index contributed by atoms with van der Waals surface area (Å²) in [5.74, 6) is 2.24. The first-order valence-corrected chi connectivity index (χ1v) is 13.2. The molecule has 0 atom stereocenters. The van der Waals surface area contributed by atoms with Gasteiger partial charge in [0.1, 0.15) is 18.1 Å². The first-order valence-electron chi connectivity index (χ1n) is 12.0. The van der Waals surface area contributed by atoms with Crippen LogP contribution in [0.3, 0.4) is 0 Å². The average molecular weight is 558 g/mol. The molecule has 2 aromatic carbocycles. The van der Waals surface area contributed by atoms with Crippen LogP contribution in [0.5, 0.6) is 11.5 Å². The van der Waals surface area contributed by atoms with Gasteiger partial charge in [0.15, 0.2) is 23.1 Å². The van der Waals surface area contributed by atoms with Gasteiger partial charge in [0.05, 0.1) is 11.1 Å². The van der Waals surface area contributed by atoms with Gasteiger partial charge >= 0.3 is 0 Å². The minimum Gasteiger partial charge on any atom is -0.490 e. The summed E-state index contributed by atoms with van der Waals surface area (Å²) in [5.41, 5.74) is 3.04. The molecule has 0 unspecified atom stereocenters. The predicted octanol–water partition coefficient (Wildman–Crippen LogP) is 7.21. The summed E-state index contributed by atoms with van der Waals surface area (Å²) < 4.78 is 19.0. The fraction of sp³-hybridized carbons (Fsp3) is 0.357. The third-order valence-corrected chi connectivity index (χ3v) is 7.44. The summed E-state index contributed by atoms with van der Waals surface area (Å²) in [6, 6.07) is 11.3. The van der Waals surface area contributed by atoms with E-state index in [1.54, 1.807) is 0 Å². The van der Waals surface area contributed by atoms with E-state index in [0.717, 1.165) is 35.5 Å². The summed E-state index contributed by atoms with van der Waals surface area (Å²) in [6.45, 7) is 2.70. The van der Waals surface area contributed by atoms with Gasteiger partial charge in [-0.3, -0.25) is 9.59 Å². The van der Waals surface area contributed by atoms with E-state index < -0.39 is 5.92 Å². The lowest BCUT2D eigenvalue weighted by atomic mass is 9.73. The number of carbonyl (C=O) groups is 2. The summed E-state index contributed by atoms with van der Waals surface area (Å²) in [5, 5.41) is 0.669. The van der Waals surface area contributed by atoms with Crippen LogP contribution in [0.4, 0.5) is 0 Å². The van der Waals surface area contributed by atoms with Crippen molar-refractivity contribution in [3.8, 4) is 11.5 Å². The van der Waals surface area contributed by atoms with Crippen LogP contribution in [0.25, 0.3) is 0 Å². The van der Waals surface area contributed by atoms with E-state index in [1.807, 2.05) is 43.3 Å². The van der Waals surface area contributed by atoms with E-state index in [2.05, 4.69) is 15.9 Å². The Morgan fingerprint density at radius 1 is 0.943 bits per heavy atom. The molecule has 0 saturated carbocycles. The van der Waals surface area contributed by atoms with Gasteiger partial charge in [-0.15, -0.1) is 0 Å². The summed E-state index contributed by atoms with van der Waals surface area (Å²) in [7, 11) is 0. The number of Topliss-reactive ketones (excluding diaryl/α,β-unsaturated/α-hetero) is 2. The molecule has 182 valence electrons. The van der Waals surface area contributed by atoms with Crippen LogP contribution in [0.1, 0.15) is 62.5 Å². The lowest BCUT2D eigenvalue weighted by molar-refractivity contribution is -0.117. The fourth-order valence-electron chi connectivity index (χ4n) is 5.04. The Hall–Kier alpha value is -2.57. The molecule has 3 aliphatic rings. The molecular weight excluding hydrogens is 532 g/mol. The molecule has 5 nitrogen and oxygen atoms in total. The lowest BCUT2D eigenvalue weighted by Crippen LogP contribution is -2.30. The van der Waals surface area contributed by atoms with Crippen LogP contribution in [0, 0.1) is 0 Å². The number of rotatable bonds is 6. The molecule has 7 heteroatoms. The molecule has 5 rings (SSSR count). The van der Waals surface area contributed by atoms with E-state index >= 15 is 0 Å². The largest absolute Gasteiger partial charge is 0.490 e. The number of ether oxygens (including phenoxy) is 3. The number of halogens is 2. The zero-order valence-electron chi connectivity index (χ0n) is 19.5. The molecular formula is C28H26BrClO5. The molecule has 2 aliphatic carbocycles. The summed E-state index contributed by atoms with van der Waals surface area (Å²) >= 11 is 9.66. The van der Waals surface area contributed by atoms with E-state index in [4.69, 9.17) is 25.8 Å². The Bertz CT molecular complexity index is 1200. The molecule has 0 N–H and O–H groups in total. The second kappa shape index (κ2) is 10.2. The van der Waals surface area contributed by atoms with Gasteiger partial charge in [-0.05, 0) is 71.1 Å². The van der Waals surface area contributed by atoms with Crippen LogP contribution in [-0.2, 0) is 20.9 Å². The van der Waals surface area contributed by atoms with Crippen molar-refractivity contribution in [2.75, 3.05) is 6.61 Å². The Labute approximate surface area is 218 Å². The maximum Gasteiger partial charge on any atom is 0.175 e. The summed E-state index contributed by atoms with van der Waals surface area (Å²) in [6.07, 6.45) is 3.90. The molecule has 0 saturated heterocycles. The molecule has 0 amide bonds. The second-order valence-corrected chi connectivity index (χ2v) is 10.2. The zero-order chi connectivity index (χ0) is 24.5. The van der Waals surface area contributed by atoms with Gasteiger partial charge in [-0.2, -0.15) is 0 Å². The molecule has 35 heavy (non-hydrogen) atoms. The van der Waals surface area contributed by atoms with Gasteiger partial charge in [-0.1, -0.05) is 23.7 Å². The monoisotopic (exact) mass is 556 g/mol.